The molecule has 0 radical (unpaired) electrons. The molecule has 1 aliphatic carbocycles. The summed E-state index contributed by atoms with van der Waals surface area (Å²) in [5, 5.41) is 11.8. The van der Waals surface area contributed by atoms with Crippen LogP contribution in [0.25, 0.3) is 0 Å². The van der Waals surface area contributed by atoms with Crippen LogP contribution in [0.4, 0.5) is 11.5 Å². The van der Waals surface area contributed by atoms with Crippen molar-refractivity contribution in [2.24, 2.45) is 5.92 Å². The van der Waals surface area contributed by atoms with Gasteiger partial charge in [-0.3, -0.25) is 10.1 Å². The van der Waals surface area contributed by atoms with Crippen LogP contribution in [0.1, 0.15) is 32.6 Å². The van der Waals surface area contributed by atoms with Gasteiger partial charge in [-0.05, 0) is 18.8 Å². The Balaban J connectivity index is 2.18. The number of nitrogens with zero attached hydrogens (tertiary/aromatic N) is 3. The van der Waals surface area contributed by atoms with Gasteiger partial charge in [0.05, 0.1) is 4.92 Å². The SMILES string of the molecule is CC1CCCC(Sc2ncnc(N)c2[N+](=O)[O-])C1. The van der Waals surface area contributed by atoms with Crippen molar-refractivity contribution in [3.63, 3.8) is 0 Å². The summed E-state index contributed by atoms with van der Waals surface area (Å²) in [4.78, 5) is 18.2. The summed E-state index contributed by atoms with van der Waals surface area (Å²) < 4.78 is 0. The summed E-state index contributed by atoms with van der Waals surface area (Å²) >= 11 is 1.46. The maximum Gasteiger partial charge on any atom is 0.343 e. The quantitative estimate of drug-likeness (QED) is 0.514. The molecule has 2 rings (SSSR count). The fraction of sp³-hybridized carbons (Fsp3) is 0.636. The number of nitro groups is 1. The molecule has 0 aliphatic heterocycles. The lowest BCUT2D eigenvalue weighted by Crippen LogP contribution is -2.15. The van der Waals surface area contributed by atoms with Gasteiger partial charge in [0, 0.05) is 5.25 Å². The largest absolute Gasteiger partial charge is 0.378 e. The second-order valence-electron chi connectivity index (χ2n) is 4.68. The number of hydrogen-bond donors (Lipinski definition) is 1. The zero-order valence-electron chi connectivity index (χ0n) is 10.2. The lowest BCUT2D eigenvalue weighted by Gasteiger charge is -2.25. The topological polar surface area (TPSA) is 94.9 Å². The first-order valence-corrected chi connectivity index (χ1v) is 6.87. The van der Waals surface area contributed by atoms with Crippen molar-refractivity contribution in [1.29, 1.82) is 0 Å². The molecule has 1 aromatic heterocycles. The molecule has 1 heterocycles. The molecule has 18 heavy (non-hydrogen) atoms. The van der Waals surface area contributed by atoms with E-state index >= 15 is 0 Å². The Morgan fingerprint density at radius 1 is 1.50 bits per heavy atom. The van der Waals surface area contributed by atoms with Crippen LogP contribution in [-0.2, 0) is 0 Å². The lowest BCUT2D eigenvalue weighted by molar-refractivity contribution is -0.387. The number of rotatable bonds is 3. The second kappa shape index (κ2) is 5.51. The first kappa shape index (κ1) is 13.1. The average Bonchev–Trinajstić information content (AvgIpc) is 2.28. The Morgan fingerprint density at radius 3 is 2.94 bits per heavy atom. The van der Waals surface area contributed by atoms with Crippen molar-refractivity contribution in [3.05, 3.63) is 16.4 Å². The molecule has 6 nitrogen and oxygen atoms in total. The van der Waals surface area contributed by atoms with Gasteiger partial charge in [0.25, 0.3) is 0 Å². The fourth-order valence-corrected chi connectivity index (χ4v) is 3.70. The molecule has 0 aromatic carbocycles. The van der Waals surface area contributed by atoms with Crippen molar-refractivity contribution in [3.8, 4) is 0 Å². The van der Waals surface area contributed by atoms with Gasteiger partial charge in [0.15, 0.2) is 5.03 Å². The smallest absolute Gasteiger partial charge is 0.343 e. The van der Waals surface area contributed by atoms with Gasteiger partial charge in [0.1, 0.15) is 6.33 Å². The van der Waals surface area contributed by atoms with Crippen molar-refractivity contribution < 1.29 is 4.92 Å². The zero-order chi connectivity index (χ0) is 13.1. The Labute approximate surface area is 110 Å². The molecule has 0 saturated heterocycles. The number of hydrogen-bond acceptors (Lipinski definition) is 6. The normalized spacial score (nSPS) is 23.8. The van der Waals surface area contributed by atoms with Gasteiger partial charge in [-0.1, -0.05) is 31.5 Å². The molecule has 1 aromatic rings. The van der Waals surface area contributed by atoms with Gasteiger partial charge in [-0.15, -0.1) is 0 Å². The van der Waals surface area contributed by atoms with E-state index < -0.39 is 4.92 Å². The highest BCUT2D eigenvalue weighted by Crippen LogP contribution is 2.39. The Morgan fingerprint density at radius 2 is 2.28 bits per heavy atom. The molecule has 7 heteroatoms. The molecule has 1 fully saturated rings. The summed E-state index contributed by atoms with van der Waals surface area (Å²) in [6.07, 6.45) is 5.86. The number of nitrogen functional groups attached to an aromatic ring is 1. The van der Waals surface area contributed by atoms with E-state index in [1.165, 1.54) is 30.9 Å². The molecule has 2 N–H and O–H groups in total. The van der Waals surface area contributed by atoms with Crippen LogP contribution in [0, 0.1) is 16.0 Å². The average molecular weight is 268 g/mol. The summed E-state index contributed by atoms with van der Waals surface area (Å²) in [5.74, 6) is 0.621. The molecule has 2 atom stereocenters. The van der Waals surface area contributed by atoms with Crippen LogP contribution >= 0.6 is 11.8 Å². The standard InChI is InChI=1S/C11H16N4O2S/c1-7-3-2-4-8(5-7)18-11-9(15(16)17)10(12)13-6-14-11/h6-8H,2-5H2,1H3,(H2,12,13,14). The minimum absolute atomic E-state index is 0.0543. The third-order valence-corrected chi connectivity index (χ3v) is 4.45. The summed E-state index contributed by atoms with van der Waals surface area (Å²) in [7, 11) is 0. The maximum atomic E-state index is 11.0. The van der Waals surface area contributed by atoms with E-state index in [0.29, 0.717) is 16.2 Å². The summed E-state index contributed by atoms with van der Waals surface area (Å²) in [6.45, 7) is 2.22. The minimum atomic E-state index is -0.496. The van der Waals surface area contributed by atoms with Crippen LogP contribution in [0.2, 0.25) is 0 Å². The van der Waals surface area contributed by atoms with Gasteiger partial charge < -0.3 is 5.73 Å². The van der Waals surface area contributed by atoms with Gasteiger partial charge in [0.2, 0.25) is 5.82 Å². The van der Waals surface area contributed by atoms with E-state index in [1.54, 1.807) is 0 Å². The first-order chi connectivity index (χ1) is 8.58. The monoisotopic (exact) mass is 268 g/mol. The van der Waals surface area contributed by atoms with Crippen LogP contribution in [0.3, 0.4) is 0 Å². The predicted molar refractivity (Wildman–Crippen MR) is 70.4 cm³/mol. The number of thioether (sulfide) groups is 1. The lowest BCUT2D eigenvalue weighted by atomic mass is 9.91. The van der Waals surface area contributed by atoms with E-state index in [1.807, 2.05) is 0 Å². The molecule has 0 amide bonds. The molecule has 0 spiro atoms. The summed E-state index contributed by atoms with van der Waals surface area (Å²) in [6, 6.07) is 0. The summed E-state index contributed by atoms with van der Waals surface area (Å²) in [5.41, 5.74) is 5.40. The highest BCUT2D eigenvalue weighted by molar-refractivity contribution is 8.00. The molecule has 1 aliphatic rings. The second-order valence-corrected chi connectivity index (χ2v) is 5.97. The predicted octanol–water partition coefficient (Wildman–Crippen LogP) is 2.64. The molecular formula is C11H16N4O2S. The fourth-order valence-electron chi connectivity index (χ4n) is 2.28. The third-order valence-electron chi connectivity index (χ3n) is 3.17. The van der Waals surface area contributed by atoms with Crippen LogP contribution in [0.5, 0.6) is 0 Å². The maximum absolute atomic E-state index is 11.0. The Hall–Kier alpha value is -1.37. The molecule has 2 unspecified atom stereocenters. The van der Waals surface area contributed by atoms with E-state index in [4.69, 9.17) is 5.73 Å². The number of aromatic nitrogens is 2. The number of anilines is 1. The van der Waals surface area contributed by atoms with Crippen molar-refractivity contribution >= 4 is 23.3 Å². The van der Waals surface area contributed by atoms with Crippen molar-refractivity contribution in [2.45, 2.75) is 42.9 Å². The third kappa shape index (κ3) is 2.90. The van der Waals surface area contributed by atoms with Crippen molar-refractivity contribution in [1.82, 2.24) is 9.97 Å². The van der Waals surface area contributed by atoms with Gasteiger partial charge in [-0.25, -0.2) is 9.97 Å². The van der Waals surface area contributed by atoms with Crippen LogP contribution in [-0.4, -0.2) is 20.1 Å². The van der Waals surface area contributed by atoms with E-state index in [2.05, 4.69) is 16.9 Å². The van der Waals surface area contributed by atoms with Gasteiger partial charge >= 0.3 is 5.69 Å². The Kier molecular flexibility index (Phi) is 4.00. The highest BCUT2D eigenvalue weighted by atomic mass is 32.2. The van der Waals surface area contributed by atoms with Crippen LogP contribution in [0.15, 0.2) is 11.4 Å². The van der Waals surface area contributed by atoms with E-state index in [-0.39, 0.29) is 11.5 Å². The number of nitrogens with two attached hydrogens (primary N) is 1. The Bertz CT molecular complexity index is 455. The molecular weight excluding hydrogens is 252 g/mol. The van der Waals surface area contributed by atoms with Crippen LogP contribution < -0.4 is 5.73 Å². The molecule has 0 bridgehead atoms. The minimum Gasteiger partial charge on any atom is -0.378 e. The first-order valence-electron chi connectivity index (χ1n) is 5.99. The molecule has 98 valence electrons. The van der Waals surface area contributed by atoms with E-state index in [0.717, 1.165) is 12.8 Å². The van der Waals surface area contributed by atoms with Gasteiger partial charge in [-0.2, -0.15) is 0 Å². The highest BCUT2D eigenvalue weighted by Gasteiger charge is 2.26. The van der Waals surface area contributed by atoms with Crippen molar-refractivity contribution in [2.75, 3.05) is 5.73 Å². The van der Waals surface area contributed by atoms with E-state index in [9.17, 15) is 10.1 Å². The molecule has 1 saturated carbocycles. The zero-order valence-corrected chi connectivity index (χ0v) is 11.0.